The molecule has 0 aliphatic rings. The number of rotatable bonds is 3. The lowest BCUT2D eigenvalue weighted by atomic mass is 10.3. The predicted octanol–water partition coefficient (Wildman–Crippen LogP) is 0.973. The molecule has 0 radical (unpaired) electrons. The van der Waals surface area contributed by atoms with Crippen LogP contribution >= 0.6 is 0 Å². The number of nitrogens with two attached hydrogens (primary N) is 1. The molecule has 4 heteroatoms. The molecule has 0 bridgehead atoms. The van der Waals surface area contributed by atoms with Crippen LogP contribution < -0.4 is 5.73 Å². The van der Waals surface area contributed by atoms with Gasteiger partial charge in [-0.15, -0.1) is 0 Å². The number of hydrogen-bond donors (Lipinski definition) is 2. The summed E-state index contributed by atoms with van der Waals surface area (Å²) in [4.78, 5) is 11.6. The lowest BCUT2D eigenvalue weighted by Gasteiger charge is -1.99. The summed E-state index contributed by atoms with van der Waals surface area (Å²) < 4.78 is 0. The van der Waals surface area contributed by atoms with Crippen LogP contribution in [0.3, 0.4) is 0 Å². The Balaban J connectivity index is 2.22. The summed E-state index contributed by atoms with van der Waals surface area (Å²) in [6.45, 7) is 0.608. The van der Waals surface area contributed by atoms with Crippen LogP contribution in [0, 0.1) is 0 Å². The van der Waals surface area contributed by atoms with Gasteiger partial charge in [0.15, 0.2) is 0 Å². The third-order valence-corrected chi connectivity index (χ3v) is 1.98. The zero-order chi connectivity index (χ0) is 9.80. The molecule has 2 heterocycles. The summed E-state index contributed by atoms with van der Waals surface area (Å²) in [6, 6.07) is 3.90. The average Bonchev–Trinajstić information content (AvgIpc) is 2.72. The number of hydrogen-bond acceptors (Lipinski definition) is 3. The highest BCUT2D eigenvalue weighted by molar-refractivity contribution is 5.52. The Morgan fingerprint density at radius 1 is 1.29 bits per heavy atom. The van der Waals surface area contributed by atoms with Crippen molar-refractivity contribution in [3.05, 3.63) is 36.4 Å². The smallest absolute Gasteiger partial charge is 0.105 e. The first-order valence-corrected chi connectivity index (χ1v) is 4.55. The lowest BCUT2D eigenvalue weighted by Crippen LogP contribution is -2.04. The van der Waals surface area contributed by atoms with Gasteiger partial charge < -0.3 is 10.7 Å². The molecule has 0 saturated heterocycles. The van der Waals surface area contributed by atoms with E-state index in [-0.39, 0.29) is 0 Å². The van der Waals surface area contributed by atoms with Crippen LogP contribution in [0.2, 0.25) is 0 Å². The zero-order valence-electron chi connectivity index (χ0n) is 7.77. The normalized spacial score (nSPS) is 10.4. The molecule has 2 aromatic rings. The molecule has 0 aliphatic heterocycles. The van der Waals surface area contributed by atoms with Crippen molar-refractivity contribution in [3.63, 3.8) is 0 Å². The predicted molar refractivity (Wildman–Crippen MR) is 54.6 cm³/mol. The summed E-state index contributed by atoms with van der Waals surface area (Å²) in [7, 11) is 0. The largest absolute Gasteiger partial charge is 0.360 e. The van der Waals surface area contributed by atoms with Crippen molar-refractivity contribution in [2.45, 2.75) is 6.42 Å². The Labute approximate surface area is 82.2 Å². The molecular weight excluding hydrogens is 176 g/mol. The van der Waals surface area contributed by atoms with Crippen molar-refractivity contribution in [1.29, 1.82) is 0 Å². The van der Waals surface area contributed by atoms with Crippen molar-refractivity contribution < 1.29 is 0 Å². The molecule has 4 nitrogen and oxygen atoms in total. The number of H-pyrrole nitrogens is 1. The molecule has 14 heavy (non-hydrogen) atoms. The van der Waals surface area contributed by atoms with Gasteiger partial charge in [0.2, 0.25) is 0 Å². The topological polar surface area (TPSA) is 67.6 Å². The highest BCUT2D eigenvalue weighted by Gasteiger charge is 2.00. The standard InChI is InChI=1S/C10H12N4/c11-4-3-8-6-14-10(7-13-8)9-2-1-5-12-9/h1-2,5-7,12H,3-4,11H2. The van der Waals surface area contributed by atoms with Crippen LogP contribution in [0.1, 0.15) is 5.69 Å². The monoisotopic (exact) mass is 188 g/mol. The minimum absolute atomic E-state index is 0.608. The average molecular weight is 188 g/mol. The summed E-state index contributed by atoms with van der Waals surface area (Å²) >= 11 is 0. The molecule has 0 fully saturated rings. The van der Waals surface area contributed by atoms with Gasteiger partial charge in [-0.05, 0) is 18.7 Å². The Kier molecular flexibility index (Phi) is 2.55. The third-order valence-electron chi connectivity index (χ3n) is 1.98. The highest BCUT2D eigenvalue weighted by Crippen LogP contribution is 2.12. The minimum atomic E-state index is 0.608. The number of aromatic nitrogens is 3. The highest BCUT2D eigenvalue weighted by atomic mass is 14.8. The molecule has 0 aliphatic carbocycles. The number of nitrogens with zero attached hydrogens (tertiary/aromatic N) is 2. The van der Waals surface area contributed by atoms with Crippen LogP contribution in [0.4, 0.5) is 0 Å². The maximum absolute atomic E-state index is 5.42. The first-order chi connectivity index (χ1) is 6.90. The van der Waals surface area contributed by atoms with Crippen LogP contribution in [-0.4, -0.2) is 21.5 Å². The van der Waals surface area contributed by atoms with E-state index in [9.17, 15) is 0 Å². The van der Waals surface area contributed by atoms with Gasteiger partial charge in [-0.3, -0.25) is 9.97 Å². The maximum Gasteiger partial charge on any atom is 0.105 e. The third kappa shape index (κ3) is 1.80. The van der Waals surface area contributed by atoms with Crippen LogP contribution in [0.5, 0.6) is 0 Å². The molecule has 2 aromatic heterocycles. The van der Waals surface area contributed by atoms with E-state index in [0.29, 0.717) is 6.54 Å². The van der Waals surface area contributed by atoms with Gasteiger partial charge in [0.1, 0.15) is 5.69 Å². The van der Waals surface area contributed by atoms with E-state index in [1.54, 1.807) is 12.4 Å². The van der Waals surface area contributed by atoms with E-state index in [1.807, 2.05) is 18.3 Å². The minimum Gasteiger partial charge on any atom is -0.360 e. The Morgan fingerprint density at radius 3 is 2.79 bits per heavy atom. The Bertz CT molecular complexity index is 377. The van der Waals surface area contributed by atoms with E-state index in [1.165, 1.54) is 0 Å². The second-order valence-electron chi connectivity index (χ2n) is 3.02. The van der Waals surface area contributed by atoms with Crippen LogP contribution in [0.15, 0.2) is 30.7 Å². The Morgan fingerprint density at radius 2 is 2.21 bits per heavy atom. The zero-order valence-corrected chi connectivity index (χ0v) is 7.77. The van der Waals surface area contributed by atoms with E-state index >= 15 is 0 Å². The Hall–Kier alpha value is -1.68. The second kappa shape index (κ2) is 4.02. The van der Waals surface area contributed by atoms with Crippen molar-refractivity contribution in [2.75, 3.05) is 6.54 Å². The molecule has 3 N–H and O–H groups in total. The van der Waals surface area contributed by atoms with E-state index in [2.05, 4.69) is 15.0 Å². The molecule has 0 amide bonds. The second-order valence-corrected chi connectivity index (χ2v) is 3.02. The van der Waals surface area contributed by atoms with Crippen molar-refractivity contribution >= 4 is 0 Å². The van der Waals surface area contributed by atoms with E-state index < -0.39 is 0 Å². The van der Waals surface area contributed by atoms with E-state index in [4.69, 9.17) is 5.73 Å². The summed E-state index contributed by atoms with van der Waals surface area (Å²) in [5.74, 6) is 0. The summed E-state index contributed by atoms with van der Waals surface area (Å²) in [5.41, 5.74) is 8.19. The summed E-state index contributed by atoms with van der Waals surface area (Å²) in [5, 5.41) is 0. The summed E-state index contributed by atoms with van der Waals surface area (Å²) in [6.07, 6.45) is 6.17. The molecule has 2 rings (SSSR count). The molecular formula is C10H12N4. The van der Waals surface area contributed by atoms with Gasteiger partial charge >= 0.3 is 0 Å². The van der Waals surface area contributed by atoms with Crippen LogP contribution in [-0.2, 0) is 6.42 Å². The quantitative estimate of drug-likeness (QED) is 0.754. The number of aromatic amines is 1. The maximum atomic E-state index is 5.42. The van der Waals surface area contributed by atoms with Crippen molar-refractivity contribution in [3.8, 4) is 11.4 Å². The van der Waals surface area contributed by atoms with Gasteiger partial charge in [0.25, 0.3) is 0 Å². The fourth-order valence-corrected chi connectivity index (χ4v) is 1.26. The van der Waals surface area contributed by atoms with Crippen molar-refractivity contribution in [1.82, 2.24) is 15.0 Å². The lowest BCUT2D eigenvalue weighted by molar-refractivity contribution is 0.909. The fraction of sp³-hybridized carbons (Fsp3) is 0.200. The molecule has 0 unspecified atom stereocenters. The molecule has 0 aromatic carbocycles. The SMILES string of the molecule is NCCc1cnc(-c2ccc[nH]2)cn1. The molecule has 0 atom stereocenters. The van der Waals surface area contributed by atoms with E-state index in [0.717, 1.165) is 23.5 Å². The van der Waals surface area contributed by atoms with Gasteiger partial charge in [0.05, 0.1) is 17.6 Å². The van der Waals surface area contributed by atoms with Crippen LogP contribution in [0.25, 0.3) is 11.4 Å². The first kappa shape index (κ1) is 8.90. The van der Waals surface area contributed by atoms with Crippen molar-refractivity contribution in [2.24, 2.45) is 5.73 Å². The molecule has 72 valence electrons. The first-order valence-electron chi connectivity index (χ1n) is 4.55. The number of nitrogens with one attached hydrogen (secondary N) is 1. The molecule has 0 saturated carbocycles. The van der Waals surface area contributed by atoms with Gasteiger partial charge in [-0.2, -0.15) is 0 Å². The molecule has 0 spiro atoms. The van der Waals surface area contributed by atoms with Gasteiger partial charge in [0, 0.05) is 18.8 Å². The van der Waals surface area contributed by atoms with Gasteiger partial charge in [-0.25, -0.2) is 0 Å². The fourth-order valence-electron chi connectivity index (χ4n) is 1.26. The van der Waals surface area contributed by atoms with Gasteiger partial charge in [-0.1, -0.05) is 0 Å².